The van der Waals surface area contributed by atoms with Gasteiger partial charge in [0.05, 0.1) is 15.8 Å². The Bertz CT molecular complexity index is 987. The second-order valence-corrected chi connectivity index (χ2v) is 9.40. The van der Waals surface area contributed by atoms with Gasteiger partial charge in [-0.3, -0.25) is 9.69 Å². The fourth-order valence-corrected chi connectivity index (χ4v) is 4.97. The van der Waals surface area contributed by atoms with E-state index in [9.17, 15) is 4.79 Å². The standard InChI is InChI=1S/C22H27N3OS2.ClH/c1-6-27-19-10-8-7-9-17(19)21(26)25(12-11-24(4)5)22-23-18-14-15(2)13-16(3)20(18)28-22;/h7-10,13-14H,6,11-12H2,1-5H3;1H. The number of fused-ring (bicyclic) bond motifs is 1. The summed E-state index contributed by atoms with van der Waals surface area (Å²) in [7, 11) is 4.05. The van der Waals surface area contributed by atoms with Crippen LogP contribution in [0.15, 0.2) is 41.3 Å². The minimum atomic E-state index is 0. The van der Waals surface area contributed by atoms with Gasteiger partial charge in [0.1, 0.15) is 0 Å². The highest BCUT2D eigenvalue weighted by atomic mass is 35.5. The van der Waals surface area contributed by atoms with E-state index in [0.29, 0.717) is 6.54 Å². The second kappa shape index (κ2) is 10.4. The number of amides is 1. The summed E-state index contributed by atoms with van der Waals surface area (Å²) < 4.78 is 1.15. The van der Waals surface area contributed by atoms with Crippen molar-refractivity contribution >= 4 is 56.8 Å². The van der Waals surface area contributed by atoms with Gasteiger partial charge in [-0.05, 0) is 63.0 Å². The molecule has 0 radical (unpaired) electrons. The molecule has 0 aliphatic rings. The predicted molar refractivity (Wildman–Crippen MR) is 129 cm³/mol. The average Bonchev–Trinajstić information content (AvgIpc) is 3.06. The normalized spacial score (nSPS) is 11.0. The molecule has 0 atom stereocenters. The SMILES string of the molecule is CCSc1ccccc1C(=O)N(CCN(C)C)c1nc2cc(C)cc(C)c2s1.Cl. The molecule has 3 rings (SSSR count). The summed E-state index contributed by atoms with van der Waals surface area (Å²) in [6, 6.07) is 12.1. The third kappa shape index (κ3) is 5.51. The van der Waals surface area contributed by atoms with Gasteiger partial charge < -0.3 is 4.90 Å². The van der Waals surface area contributed by atoms with Gasteiger partial charge in [0.25, 0.3) is 5.91 Å². The Labute approximate surface area is 187 Å². The van der Waals surface area contributed by atoms with Crippen LogP contribution < -0.4 is 4.90 Å². The molecule has 0 aliphatic heterocycles. The number of thiazole rings is 1. The highest BCUT2D eigenvalue weighted by Crippen LogP contribution is 2.33. The van der Waals surface area contributed by atoms with Crippen molar-refractivity contribution in [3.05, 3.63) is 53.1 Å². The van der Waals surface area contributed by atoms with Crippen LogP contribution in [0.5, 0.6) is 0 Å². The molecule has 0 aliphatic carbocycles. The minimum absolute atomic E-state index is 0. The second-order valence-electron chi connectivity index (χ2n) is 7.12. The fraction of sp³-hybridized carbons (Fsp3) is 0.364. The zero-order chi connectivity index (χ0) is 20.3. The van der Waals surface area contributed by atoms with Crippen molar-refractivity contribution in [2.45, 2.75) is 25.7 Å². The molecule has 3 aromatic rings. The van der Waals surface area contributed by atoms with Crippen molar-refractivity contribution in [2.24, 2.45) is 0 Å². The smallest absolute Gasteiger partial charge is 0.261 e. The van der Waals surface area contributed by atoms with Crippen LogP contribution in [-0.4, -0.2) is 48.7 Å². The summed E-state index contributed by atoms with van der Waals surface area (Å²) in [5.41, 5.74) is 4.12. The monoisotopic (exact) mass is 449 g/mol. The quantitative estimate of drug-likeness (QED) is 0.436. The average molecular weight is 450 g/mol. The van der Waals surface area contributed by atoms with E-state index < -0.39 is 0 Å². The van der Waals surface area contributed by atoms with Crippen molar-refractivity contribution in [1.82, 2.24) is 9.88 Å². The van der Waals surface area contributed by atoms with Gasteiger partial charge in [-0.2, -0.15) is 0 Å². The number of rotatable bonds is 7. The molecule has 29 heavy (non-hydrogen) atoms. The van der Waals surface area contributed by atoms with Crippen LogP contribution >= 0.6 is 35.5 Å². The summed E-state index contributed by atoms with van der Waals surface area (Å²) in [4.78, 5) is 23.3. The van der Waals surface area contributed by atoms with Crippen LogP contribution in [0.25, 0.3) is 10.2 Å². The molecular weight excluding hydrogens is 422 g/mol. The van der Waals surface area contributed by atoms with Gasteiger partial charge in [0.2, 0.25) is 0 Å². The van der Waals surface area contributed by atoms with Crippen LogP contribution in [0.1, 0.15) is 28.4 Å². The molecule has 1 heterocycles. The maximum absolute atomic E-state index is 13.5. The Morgan fingerprint density at radius 2 is 1.86 bits per heavy atom. The number of likely N-dealkylation sites (N-methyl/N-ethyl adjacent to an activating group) is 1. The molecule has 0 saturated carbocycles. The van der Waals surface area contributed by atoms with Crippen LogP contribution in [0, 0.1) is 13.8 Å². The molecular formula is C22H28ClN3OS2. The summed E-state index contributed by atoms with van der Waals surface area (Å²) in [5, 5.41) is 0.770. The topological polar surface area (TPSA) is 36.4 Å². The van der Waals surface area contributed by atoms with Crippen molar-refractivity contribution in [2.75, 3.05) is 37.8 Å². The summed E-state index contributed by atoms with van der Waals surface area (Å²) in [5.74, 6) is 0.952. The van der Waals surface area contributed by atoms with Crippen molar-refractivity contribution in [3.8, 4) is 0 Å². The number of aryl methyl sites for hydroxylation is 2. The first-order chi connectivity index (χ1) is 13.4. The van der Waals surface area contributed by atoms with E-state index in [4.69, 9.17) is 4.98 Å². The number of carbonyl (C=O) groups excluding carboxylic acids is 1. The maximum Gasteiger partial charge on any atom is 0.261 e. The molecule has 4 nitrogen and oxygen atoms in total. The Balaban J connectivity index is 0.00000300. The molecule has 1 amide bonds. The number of anilines is 1. The first-order valence-electron chi connectivity index (χ1n) is 9.47. The van der Waals surface area contributed by atoms with E-state index in [2.05, 4.69) is 37.8 Å². The van der Waals surface area contributed by atoms with Crippen LogP contribution in [0.3, 0.4) is 0 Å². The van der Waals surface area contributed by atoms with E-state index in [1.54, 1.807) is 23.1 Å². The van der Waals surface area contributed by atoms with Crippen molar-refractivity contribution in [3.63, 3.8) is 0 Å². The molecule has 0 N–H and O–H groups in total. The number of nitrogens with zero attached hydrogens (tertiary/aromatic N) is 3. The molecule has 0 fully saturated rings. The molecule has 7 heteroatoms. The van der Waals surface area contributed by atoms with E-state index in [0.717, 1.165) is 38.1 Å². The Kier molecular flexibility index (Phi) is 8.52. The van der Waals surface area contributed by atoms with E-state index >= 15 is 0 Å². The summed E-state index contributed by atoms with van der Waals surface area (Å²) in [6.45, 7) is 7.68. The maximum atomic E-state index is 13.5. The minimum Gasteiger partial charge on any atom is -0.308 e. The van der Waals surface area contributed by atoms with Gasteiger partial charge >= 0.3 is 0 Å². The van der Waals surface area contributed by atoms with Gasteiger partial charge in [0, 0.05) is 18.0 Å². The molecule has 0 saturated heterocycles. The van der Waals surface area contributed by atoms with Crippen LogP contribution in [0.2, 0.25) is 0 Å². The third-order valence-electron chi connectivity index (χ3n) is 4.47. The lowest BCUT2D eigenvalue weighted by Crippen LogP contribution is -2.37. The largest absolute Gasteiger partial charge is 0.308 e. The molecule has 0 spiro atoms. The first kappa shape index (κ1) is 23.7. The summed E-state index contributed by atoms with van der Waals surface area (Å²) >= 11 is 3.30. The van der Waals surface area contributed by atoms with Crippen LogP contribution in [0.4, 0.5) is 5.13 Å². The number of thioether (sulfide) groups is 1. The zero-order valence-corrected chi connectivity index (χ0v) is 20.0. The predicted octanol–water partition coefficient (Wildman–Crippen LogP) is 5.66. The number of carbonyl (C=O) groups is 1. The van der Waals surface area contributed by atoms with E-state index in [1.165, 1.54) is 11.1 Å². The third-order valence-corrected chi connectivity index (χ3v) is 6.66. The lowest BCUT2D eigenvalue weighted by molar-refractivity contribution is 0.0982. The Morgan fingerprint density at radius 1 is 1.14 bits per heavy atom. The van der Waals surface area contributed by atoms with Gasteiger partial charge in [-0.1, -0.05) is 36.5 Å². The zero-order valence-electron chi connectivity index (χ0n) is 17.6. The highest BCUT2D eigenvalue weighted by molar-refractivity contribution is 7.99. The lowest BCUT2D eigenvalue weighted by atomic mass is 10.1. The van der Waals surface area contributed by atoms with Gasteiger partial charge in [-0.25, -0.2) is 4.98 Å². The summed E-state index contributed by atoms with van der Waals surface area (Å²) in [6.07, 6.45) is 0. The molecule has 2 aromatic carbocycles. The van der Waals surface area contributed by atoms with E-state index in [-0.39, 0.29) is 18.3 Å². The molecule has 0 unspecified atom stereocenters. The fourth-order valence-electron chi connectivity index (χ4n) is 3.13. The first-order valence-corrected chi connectivity index (χ1v) is 11.3. The van der Waals surface area contributed by atoms with E-state index in [1.807, 2.05) is 43.3 Å². The van der Waals surface area contributed by atoms with Crippen molar-refractivity contribution in [1.29, 1.82) is 0 Å². The Hall–Kier alpha value is -1.60. The molecule has 0 bridgehead atoms. The Morgan fingerprint density at radius 3 is 2.55 bits per heavy atom. The number of benzene rings is 2. The number of hydrogen-bond donors (Lipinski definition) is 0. The molecule has 1 aromatic heterocycles. The number of aromatic nitrogens is 1. The van der Waals surface area contributed by atoms with Crippen LogP contribution in [-0.2, 0) is 0 Å². The number of hydrogen-bond acceptors (Lipinski definition) is 5. The van der Waals surface area contributed by atoms with Gasteiger partial charge in [0.15, 0.2) is 5.13 Å². The highest BCUT2D eigenvalue weighted by Gasteiger charge is 2.23. The molecule has 156 valence electrons. The van der Waals surface area contributed by atoms with Crippen molar-refractivity contribution < 1.29 is 4.79 Å². The lowest BCUT2D eigenvalue weighted by Gasteiger charge is -2.23. The van der Waals surface area contributed by atoms with Gasteiger partial charge in [-0.15, -0.1) is 24.2 Å². The number of halogens is 1.